The molecule has 0 radical (unpaired) electrons. The first kappa shape index (κ1) is 13.4. The second kappa shape index (κ2) is 5.62. The van der Waals surface area contributed by atoms with Crippen molar-refractivity contribution in [2.24, 2.45) is 14.1 Å². The zero-order chi connectivity index (χ0) is 13.0. The predicted molar refractivity (Wildman–Crippen MR) is 64.1 cm³/mol. The van der Waals surface area contributed by atoms with Crippen LogP contribution in [0.15, 0.2) is 9.59 Å². The van der Waals surface area contributed by atoms with Crippen molar-refractivity contribution in [2.45, 2.75) is 25.9 Å². The molecule has 96 valence electrons. The second-order valence-corrected chi connectivity index (χ2v) is 4.04. The van der Waals surface area contributed by atoms with Crippen molar-refractivity contribution in [3.05, 3.63) is 20.8 Å². The summed E-state index contributed by atoms with van der Waals surface area (Å²) in [6.07, 6.45) is 1.03. The standard InChI is InChI=1S/C10H18N4O3/c1-7(15)5-4-6-11-8-9(16)13(2)10(17)14(3)12-8/h7,15H,4-6H2,1-3H3,(H,11,12). The highest BCUT2D eigenvalue weighted by molar-refractivity contribution is 5.29. The molecular formula is C10H18N4O3. The Morgan fingerprint density at radius 1 is 1.41 bits per heavy atom. The van der Waals surface area contributed by atoms with Crippen LogP contribution in [0.1, 0.15) is 19.8 Å². The van der Waals surface area contributed by atoms with Gasteiger partial charge in [0, 0.05) is 20.6 Å². The van der Waals surface area contributed by atoms with E-state index in [4.69, 9.17) is 5.11 Å². The largest absolute Gasteiger partial charge is 0.393 e. The quantitative estimate of drug-likeness (QED) is 0.650. The van der Waals surface area contributed by atoms with E-state index in [-0.39, 0.29) is 11.9 Å². The molecule has 0 aliphatic rings. The molecule has 0 fully saturated rings. The van der Waals surface area contributed by atoms with E-state index in [2.05, 4.69) is 10.4 Å². The van der Waals surface area contributed by atoms with Crippen LogP contribution in [0.25, 0.3) is 0 Å². The van der Waals surface area contributed by atoms with Gasteiger partial charge in [0.15, 0.2) is 0 Å². The lowest BCUT2D eigenvalue weighted by atomic mass is 10.2. The van der Waals surface area contributed by atoms with Crippen LogP contribution in [-0.2, 0) is 14.1 Å². The van der Waals surface area contributed by atoms with Gasteiger partial charge in [-0.15, -0.1) is 5.10 Å². The minimum Gasteiger partial charge on any atom is -0.393 e. The van der Waals surface area contributed by atoms with Crippen molar-refractivity contribution >= 4 is 5.82 Å². The third-order valence-corrected chi connectivity index (χ3v) is 2.41. The predicted octanol–water partition coefficient (Wildman–Crippen LogP) is -0.948. The molecule has 7 nitrogen and oxygen atoms in total. The monoisotopic (exact) mass is 242 g/mol. The highest BCUT2D eigenvalue weighted by Crippen LogP contribution is 1.96. The molecule has 1 atom stereocenters. The van der Waals surface area contributed by atoms with Crippen molar-refractivity contribution < 1.29 is 5.11 Å². The summed E-state index contributed by atoms with van der Waals surface area (Å²) in [4.78, 5) is 23.0. The Balaban J connectivity index is 2.73. The van der Waals surface area contributed by atoms with Crippen LogP contribution in [-0.4, -0.2) is 32.1 Å². The van der Waals surface area contributed by atoms with Crippen LogP contribution in [0.4, 0.5) is 5.82 Å². The van der Waals surface area contributed by atoms with Gasteiger partial charge in [-0.3, -0.25) is 9.36 Å². The highest BCUT2D eigenvalue weighted by Gasteiger charge is 2.07. The smallest absolute Gasteiger partial charge is 0.346 e. The summed E-state index contributed by atoms with van der Waals surface area (Å²) in [5.41, 5.74) is -0.894. The summed E-state index contributed by atoms with van der Waals surface area (Å²) in [6, 6.07) is 0. The van der Waals surface area contributed by atoms with Crippen LogP contribution < -0.4 is 16.6 Å². The van der Waals surface area contributed by atoms with Crippen molar-refractivity contribution in [3.63, 3.8) is 0 Å². The number of anilines is 1. The van der Waals surface area contributed by atoms with Gasteiger partial charge in [0.05, 0.1) is 6.10 Å². The zero-order valence-electron chi connectivity index (χ0n) is 10.3. The number of aromatic nitrogens is 3. The lowest BCUT2D eigenvalue weighted by molar-refractivity contribution is 0.183. The Bertz CT molecular complexity index is 489. The maximum absolute atomic E-state index is 11.6. The molecule has 2 N–H and O–H groups in total. The van der Waals surface area contributed by atoms with Crippen molar-refractivity contribution in [1.82, 2.24) is 14.3 Å². The van der Waals surface area contributed by atoms with Crippen LogP contribution >= 0.6 is 0 Å². The first-order chi connectivity index (χ1) is 7.93. The summed E-state index contributed by atoms with van der Waals surface area (Å²) in [7, 11) is 2.90. The molecule has 0 aliphatic heterocycles. The third-order valence-electron chi connectivity index (χ3n) is 2.41. The Morgan fingerprint density at radius 2 is 2.06 bits per heavy atom. The molecular weight excluding hydrogens is 224 g/mol. The summed E-state index contributed by atoms with van der Waals surface area (Å²) >= 11 is 0. The van der Waals surface area contributed by atoms with Gasteiger partial charge in [0.1, 0.15) is 0 Å². The van der Waals surface area contributed by atoms with E-state index in [0.717, 1.165) is 15.7 Å². The SMILES string of the molecule is CC(O)CCCNc1nn(C)c(=O)n(C)c1=O. The molecule has 7 heteroatoms. The Kier molecular flexibility index (Phi) is 4.45. The molecule has 0 aliphatic carbocycles. The van der Waals surface area contributed by atoms with Gasteiger partial charge >= 0.3 is 5.69 Å². The molecule has 0 bridgehead atoms. The minimum absolute atomic E-state index is 0.153. The molecule has 0 amide bonds. The van der Waals surface area contributed by atoms with Gasteiger partial charge in [-0.05, 0) is 19.8 Å². The number of nitrogens with zero attached hydrogens (tertiary/aromatic N) is 3. The van der Waals surface area contributed by atoms with E-state index in [0.29, 0.717) is 13.0 Å². The molecule has 1 rings (SSSR count). The van der Waals surface area contributed by atoms with E-state index >= 15 is 0 Å². The Hall–Kier alpha value is -1.63. The van der Waals surface area contributed by atoms with E-state index in [9.17, 15) is 9.59 Å². The Morgan fingerprint density at radius 3 is 2.65 bits per heavy atom. The van der Waals surface area contributed by atoms with Gasteiger partial charge in [-0.1, -0.05) is 0 Å². The van der Waals surface area contributed by atoms with E-state index in [1.54, 1.807) is 6.92 Å². The van der Waals surface area contributed by atoms with E-state index < -0.39 is 11.2 Å². The molecule has 1 heterocycles. The average molecular weight is 242 g/mol. The summed E-state index contributed by atoms with van der Waals surface area (Å²) in [5.74, 6) is 0.153. The molecule has 1 aromatic rings. The van der Waals surface area contributed by atoms with E-state index in [1.807, 2.05) is 0 Å². The first-order valence-electron chi connectivity index (χ1n) is 5.49. The molecule has 0 spiro atoms. The lowest BCUT2D eigenvalue weighted by Gasteiger charge is -2.08. The summed E-state index contributed by atoms with van der Waals surface area (Å²) in [5, 5.41) is 15.8. The van der Waals surface area contributed by atoms with Gasteiger partial charge in [0.25, 0.3) is 5.56 Å². The van der Waals surface area contributed by atoms with Gasteiger partial charge in [-0.25, -0.2) is 9.48 Å². The van der Waals surface area contributed by atoms with Crippen molar-refractivity contribution in [3.8, 4) is 0 Å². The lowest BCUT2D eigenvalue weighted by Crippen LogP contribution is -2.40. The normalized spacial score (nSPS) is 12.5. The summed E-state index contributed by atoms with van der Waals surface area (Å²) in [6.45, 7) is 2.24. The number of nitrogens with one attached hydrogen (secondary N) is 1. The number of hydrogen-bond acceptors (Lipinski definition) is 5. The van der Waals surface area contributed by atoms with Gasteiger partial charge in [0.2, 0.25) is 5.82 Å². The molecule has 17 heavy (non-hydrogen) atoms. The molecule has 1 unspecified atom stereocenters. The van der Waals surface area contributed by atoms with Crippen molar-refractivity contribution in [1.29, 1.82) is 0 Å². The molecule has 1 aromatic heterocycles. The second-order valence-electron chi connectivity index (χ2n) is 4.04. The fraction of sp³-hybridized carbons (Fsp3) is 0.700. The number of hydrogen-bond donors (Lipinski definition) is 2. The number of aryl methyl sites for hydroxylation is 1. The molecule has 0 aromatic carbocycles. The third kappa shape index (κ3) is 3.42. The van der Waals surface area contributed by atoms with Crippen molar-refractivity contribution in [2.75, 3.05) is 11.9 Å². The number of aliphatic hydroxyl groups excluding tert-OH is 1. The van der Waals surface area contributed by atoms with Gasteiger partial charge < -0.3 is 10.4 Å². The van der Waals surface area contributed by atoms with E-state index in [1.165, 1.54) is 14.1 Å². The fourth-order valence-electron chi connectivity index (χ4n) is 1.41. The van der Waals surface area contributed by atoms with Gasteiger partial charge in [-0.2, -0.15) is 0 Å². The first-order valence-corrected chi connectivity index (χ1v) is 5.49. The number of aliphatic hydroxyl groups is 1. The molecule has 0 saturated heterocycles. The maximum atomic E-state index is 11.6. The minimum atomic E-state index is -0.454. The topological polar surface area (TPSA) is 89.2 Å². The number of rotatable bonds is 5. The Labute approximate surface area is 98.7 Å². The van der Waals surface area contributed by atoms with Crippen LogP contribution in [0.2, 0.25) is 0 Å². The van der Waals surface area contributed by atoms with Crippen LogP contribution in [0.3, 0.4) is 0 Å². The maximum Gasteiger partial charge on any atom is 0.346 e. The van der Waals surface area contributed by atoms with Crippen LogP contribution in [0, 0.1) is 0 Å². The van der Waals surface area contributed by atoms with Crippen LogP contribution in [0.5, 0.6) is 0 Å². The zero-order valence-corrected chi connectivity index (χ0v) is 10.3. The average Bonchev–Trinajstić information content (AvgIpc) is 2.27. The fourth-order valence-corrected chi connectivity index (χ4v) is 1.41. The summed E-state index contributed by atoms with van der Waals surface area (Å²) < 4.78 is 2.11. The highest BCUT2D eigenvalue weighted by atomic mass is 16.3. The molecule has 0 saturated carbocycles.